The van der Waals surface area contributed by atoms with Crippen LogP contribution in [-0.2, 0) is 22.4 Å². The number of amides is 2. The SMILES string of the molecule is Cc1cccc(N2CCN(C(=O)C(=O)NC(C)c3ccc4c(c3)CCCC4)CC2)c1C. The van der Waals surface area contributed by atoms with Crippen LogP contribution >= 0.6 is 0 Å². The van der Waals surface area contributed by atoms with Crippen LogP contribution in [0, 0.1) is 13.8 Å². The zero-order valence-electron chi connectivity index (χ0n) is 18.9. The number of nitrogens with zero attached hydrogens (tertiary/aromatic N) is 2. The van der Waals surface area contributed by atoms with Gasteiger partial charge in [-0.1, -0.05) is 30.3 Å². The quantitative estimate of drug-likeness (QED) is 0.772. The smallest absolute Gasteiger partial charge is 0.312 e. The second-order valence-corrected chi connectivity index (χ2v) is 8.93. The maximum atomic E-state index is 12.8. The average molecular weight is 420 g/mol. The van der Waals surface area contributed by atoms with E-state index in [1.807, 2.05) is 6.92 Å². The van der Waals surface area contributed by atoms with E-state index in [0.717, 1.165) is 31.5 Å². The molecule has 0 aromatic heterocycles. The molecule has 2 aromatic carbocycles. The molecule has 2 aliphatic rings. The first-order chi connectivity index (χ1) is 14.9. The van der Waals surface area contributed by atoms with E-state index in [1.165, 1.54) is 40.8 Å². The minimum atomic E-state index is -0.509. The molecule has 1 fully saturated rings. The largest absolute Gasteiger partial charge is 0.368 e. The van der Waals surface area contributed by atoms with Crippen molar-refractivity contribution in [3.05, 3.63) is 64.2 Å². The van der Waals surface area contributed by atoms with Crippen LogP contribution in [0.25, 0.3) is 0 Å². The third kappa shape index (κ3) is 4.60. The maximum absolute atomic E-state index is 12.8. The molecule has 0 bridgehead atoms. The molecule has 0 radical (unpaired) electrons. The number of aryl methyl sites for hydroxylation is 3. The first-order valence-electron chi connectivity index (χ1n) is 11.5. The Labute approximate surface area is 185 Å². The average Bonchev–Trinajstić information content (AvgIpc) is 2.80. The summed E-state index contributed by atoms with van der Waals surface area (Å²) in [5, 5.41) is 2.92. The number of hydrogen-bond donors (Lipinski definition) is 1. The van der Waals surface area contributed by atoms with E-state index in [0.29, 0.717) is 13.1 Å². The Kier molecular flexibility index (Phi) is 6.30. The number of nitrogens with one attached hydrogen (secondary N) is 1. The Morgan fingerprint density at radius 1 is 0.935 bits per heavy atom. The summed E-state index contributed by atoms with van der Waals surface area (Å²) in [7, 11) is 0. The van der Waals surface area contributed by atoms with Crippen LogP contribution in [0.15, 0.2) is 36.4 Å². The first kappa shape index (κ1) is 21.4. The van der Waals surface area contributed by atoms with Gasteiger partial charge in [0.15, 0.2) is 0 Å². The Balaban J connectivity index is 1.33. The van der Waals surface area contributed by atoms with Gasteiger partial charge < -0.3 is 15.1 Å². The standard InChI is InChI=1S/C26H33N3O2/c1-18-7-6-10-24(19(18)2)28-13-15-29(16-14-28)26(31)25(30)27-20(3)22-12-11-21-8-4-5-9-23(21)17-22/h6-7,10-12,17,20H,4-5,8-9,13-16H2,1-3H3,(H,27,30). The van der Waals surface area contributed by atoms with Gasteiger partial charge in [-0.15, -0.1) is 0 Å². The summed E-state index contributed by atoms with van der Waals surface area (Å²) < 4.78 is 0. The number of benzene rings is 2. The van der Waals surface area contributed by atoms with Crippen molar-refractivity contribution >= 4 is 17.5 Å². The number of carbonyl (C=O) groups is 2. The first-order valence-corrected chi connectivity index (χ1v) is 11.5. The van der Waals surface area contributed by atoms with Gasteiger partial charge in [-0.05, 0) is 80.3 Å². The van der Waals surface area contributed by atoms with Crippen molar-refractivity contribution in [1.82, 2.24) is 10.2 Å². The van der Waals surface area contributed by atoms with E-state index < -0.39 is 11.8 Å². The zero-order valence-corrected chi connectivity index (χ0v) is 18.9. The lowest BCUT2D eigenvalue weighted by molar-refractivity contribution is -0.146. The molecule has 0 saturated carbocycles. The molecule has 0 spiro atoms. The third-order valence-corrected chi connectivity index (χ3v) is 6.90. The van der Waals surface area contributed by atoms with Crippen molar-refractivity contribution in [2.45, 2.75) is 52.5 Å². The molecule has 1 N–H and O–H groups in total. The van der Waals surface area contributed by atoms with Crippen molar-refractivity contribution in [2.24, 2.45) is 0 Å². The number of carbonyl (C=O) groups excluding carboxylic acids is 2. The van der Waals surface area contributed by atoms with Crippen molar-refractivity contribution in [3.63, 3.8) is 0 Å². The molecular weight excluding hydrogens is 386 g/mol. The van der Waals surface area contributed by atoms with Gasteiger partial charge in [0.2, 0.25) is 0 Å². The number of rotatable bonds is 3. The van der Waals surface area contributed by atoms with E-state index in [-0.39, 0.29) is 6.04 Å². The zero-order chi connectivity index (χ0) is 22.0. The second kappa shape index (κ2) is 9.13. The third-order valence-electron chi connectivity index (χ3n) is 6.90. The van der Waals surface area contributed by atoms with Gasteiger partial charge in [0, 0.05) is 31.9 Å². The predicted octanol–water partition coefficient (Wildman–Crippen LogP) is 3.71. The predicted molar refractivity (Wildman–Crippen MR) is 124 cm³/mol. The van der Waals surface area contributed by atoms with Crippen molar-refractivity contribution in [1.29, 1.82) is 0 Å². The van der Waals surface area contributed by atoms with Crippen LogP contribution in [0.5, 0.6) is 0 Å². The van der Waals surface area contributed by atoms with Crippen molar-refractivity contribution in [2.75, 3.05) is 31.1 Å². The Bertz CT molecular complexity index is 977. The highest BCUT2D eigenvalue weighted by molar-refractivity contribution is 6.35. The number of piperazine rings is 1. The maximum Gasteiger partial charge on any atom is 0.312 e. The van der Waals surface area contributed by atoms with Crippen molar-refractivity contribution in [3.8, 4) is 0 Å². The highest BCUT2D eigenvalue weighted by Crippen LogP contribution is 2.25. The van der Waals surface area contributed by atoms with Gasteiger partial charge in [0.25, 0.3) is 0 Å². The van der Waals surface area contributed by atoms with Crippen LogP contribution in [0.3, 0.4) is 0 Å². The molecule has 1 atom stereocenters. The highest BCUT2D eigenvalue weighted by atomic mass is 16.2. The Morgan fingerprint density at radius 3 is 2.39 bits per heavy atom. The van der Waals surface area contributed by atoms with Gasteiger partial charge in [-0.2, -0.15) is 0 Å². The molecule has 2 aromatic rings. The molecular formula is C26H33N3O2. The molecule has 1 aliphatic carbocycles. The molecule has 4 rings (SSSR count). The van der Waals surface area contributed by atoms with E-state index in [1.54, 1.807) is 4.90 Å². The lowest BCUT2D eigenvalue weighted by Crippen LogP contribution is -2.53. The Hall–Kier alpha value is -2.82. The summed E-state index contributed by atoms with van der Waals surface area (Å²) in [6.45, 7) is 8.81. The molecule has 5 heteroatoms. The molecule has 5 nitrogen and oxygen atoms in total. The van der Waals surface area contributed by atoms with Crippen LogP contribution < -0.4 is 10.2 Å². The lowest BCUT2D eigenvalue weighted by Gasteiger charge is -2.36. The lowest BCUT2D eigenvalue weighted by atomic mass is 9.89. The molecule has 1 aliphatic heterocycles. The summed E-state index contributed by atoms with van der Waals surface area (Å²) in [5.41, 5.74) is 7.65. The van der Waals surface area contributed by atoms with E-state index in [9.17, 15) is 9.59 Å². The second-order valence-electron chi connectivity index (χ2n) is 8.93. The number of fused-ring (bicyclic) bond motifs is 1. The van der Waals surface area contributed by atoms with E-state index >= 15 is 0 Å². The van der Waals surface area contributed by atoms with E-state index in [4.69, 9.17) is 0 Å². The number of anilines is 1. The molecule has 1 heterocycles. The van der Waals surface area contributed by atoms with Gasteiger partial charge >= 0.3 is 11.8 Å². The van der Waals surface area contributed by atoms with Crippen molar-refractivity contribution < 1.29 is 9.59 Å². The fourth-order valence-electron chi connectivity index (χ4n) is 4.74. The van der Waals surface area contributed by atoms with Gasteiger partial charge in [0.1, 0.15) is 0 Å². The summed E-state index contributed by atoms with van der Waals surface area (Å²) in [4.78, 5) is 29.4. The summed E-state index contributed by atoms with van der Waals surface area (Å²) in [5.74, 6) is -0.934. The normalized spacial score (nSPS) is 17.1. The molecule has 1 unspecified atom stereocenters. The Morgan fingerprint density at radius 2 is 1.65 bits per heavy atom. The summed E-state index contributed by atoms with van der Waals surface area (Å²) in [6.07, 6.45) is 4.73. The summed E-state index contributed by atoms with van der Waals surface area (Å²) in [6, 6.07) is 12.6. The summed E-state index contributed by atoms with van der Waals surface area (Å²) >= 11 is 0. The molecule has 31 heavy (non-hydrogen) atoms. The minimum Gasteiger partial charge on any atom is -0.368 e. The molecule has 164 valence electrons. The molecule has 2 amide bonds. The topological polar surface area (TPSA) is 52.7 Å². The highest BCUT2D eigenvalue weighted by Gasteiger charge is 2.27. The monoisotopic (exact) mass is 419 g/mol. The van der Waals surface area contributed by atoms with Crippen LogP contribution in [0.2, 0.25) is 0 Å². The molecule has 1 saturated heterocycles. The van der Waals surface area contributed by atoms with Crippen LogP contribution in [0.4, 0.5) is 5.69 Å². The fourth-order valence-corrected chi connectivity index (χ4v) is 4.74. The van der Waals surface area contributed by atoms with Crippen LogP contribution in [0.1, 0.15) is 53.6 Å². The van der Waals surface area contributed by atoms with Crippen LogP contribution in [-0.4, -0.2) is 42.9 Å². The van der Waals surface area contributed by atoms with Gasteiger partial charge in [-0.25, -0.2) is 0 Å². The minimum absolute atomic E-state index is 0.181. The van der Waals surface area contributed by atoms with Gasteiger partial charge in [-0.3, -0.25) is 9.59 Å². The fraction of sp³-hybridized carbons (Fsp3) is 0.462. The van der Waals surface area contributed by atoms with E-state index in [2.05, 4.69) is 60.5 Å². The van der Waals surface area contributed by atoms with Gasteiger partial charge in [0.05, 0.1) is 6.04 Å². The number of hydrogen-bond acceptors (Lipinski definition) is 3.